The molecule has 0 spiro atoms. The maximum Gasteiger partial charge on any atom is 0.237 e. The highest BCUT2D eigenvalue weighted by atomic mass is 32.2. The van der Waals surface area contributed by atoms with Crippen molar-refractivity contribution in [2.75, 3.05) is 12.3 Å². The number of hydrogen-bond donors (Lipinski definition) is 2. The lowest BCUT2D eigenvalue weighted by Gasteiger charge is -2.26. The number of nitrogens with two attached hydrogens (primary N) is 1. The molecule has 0 saturated carbocycles. The van der Waals surface area contributed by atoms with E-state index in [4.69, 9.17) is 5.73 Å². The molecule has 0 radical (unpaired) electrons. The van der Waals surface area contributed by atoms with Crippen LogP contribution in [0.3, 0.4) is 0 Å². The smallest absolute Gasteiger partial charge is 0.237 e. The van der Waals surface area contributed by atoms with Crippen LogP contribution >= 0.6 is 23.1 Å². The van der Waals surface area contributed by atoms with Gasteiger partial charge < -0.3 is 11.1 Å². The zero-order chi connectivity index (χ0) is 12.9. The van der Waals surface area contributed by atoms with E-state index in [2.05, 4.69) is 15.5 Å². The molecule has 1 rings (SSSR count). The SMILES string of the molecule is CCNC(C)(CCSc1nnc(C)s1)C(N)=O. The van der Waals surface area contributed by atoms with Crippen molar-refractivity contribution < 1.29 is 4.79 Å². The fourth-order valence-corrected chi connectivity index (χ4v) is 3.42. The van der Waals surface area contributed by atoms with Crippen LogP contribution in [0.4, 0.5) is 0 Å². The van der Waals surface area contributed by atoms with E-state index in [0.717, 1.165) is 21.6 Å². The van der Waals surface area contributed by atoms with Gasteiger partial charge in [0.05, 0.1) is 5.54 Å². The number of nitrogens with one attached hydrogen (secondary N) is 1. The highest BCUT2D eigenvalue weighted by Gasteiger charge is 2.29. The standard InChI is InChI=1S/C10H18N4OS2/c1-4-12-10(3,8(11)15)5-6-16-9-14-13-7(2)17-9/h12H,4-6H2,1-3H3,(H2,11,15). The largest absolute Gasteiger partial charge is 0.368 e. The second-order valence-electron chi connectivity index (χ2n) is 3.91. The summed E-state index contributed by atoms with van der Waals surface area (Å²) in [5, 5.41) is 12.0. The van der Waals surface area contributed by atoms with Crippen molar-refractivity contribution in [1.82, 2.24) is 15.5 Å². The number of rotatable bonds is 7. The van der Waals surface area contributed by atoms with Gasteiger partial charge in [-0.3, -0.25) is 4.79 Å². The number of carbonyl (C=O) groups is 1. The topological polar surface area (TPSA) is 80.9 Å². The summed E-state index contributed by atoms with van der Waals surface area (Å²) in [6.07, 6.45) is 0.680. The molecule has 7 heteroatoms. The first kappa shape index (κ1) is 14.4. The van der Waals surface area contributed by atoms with E-state index in [0.29, 0.717) is 6.42 Å². The van der Waals surface area contributed by atoms with Gasteiger partial charge in [-0.2, -0.15) is 0 Å². The average Bonchev–Trinajstić information content (AvgIpc) is 2.64. The minimum absolute atomic E-state index is 0.312. The molecule has 1 atom stereocenters. The Hall–Kier alpha value is -0.660. The number of likely N-dealkylation sites (N-methyl/N-ethyl adjacent to an activating group) is 1. The zero-order valence-electron chi connectivity index (χ0n) is 10.3. The summed E-state index contributed by atoms with van der Waals surface area (Å²) >= 11 is 3.17. The van der Waals surface area contributed by atoms with Crippen molar-refractivity contribution in [2.45, 2.75) is 37.1 Å². The highest BCUT2D eigenvalue weighted by Crippen LogP contribution is 2.24. The van der Waals surface area contributed by atoms with Crippen molar-refractivity contribution in [3.8, 4) is 0 Å². The number of hydrogen-bond acceptors (Lipinski definition) is 6. The van der Waals surface area contributed by atoms with Gasteiger partial charge >= 0.3 is 0 Å². The Bertz CT molecular complexity index is 382. The summed E-state index contributed by atoms with van der Waals surface area (Å²) in [4.78, 5) is 11.4. The third kappa shape index (κ3) is 4.25. The van der Waals surface area contributed by atoms with Crippen LogP contribution in [0.1, 0.15) is 25.3 Å². The average molecular weight is 274 g/mol. The molecule has 1 aromatic rings. The molecule has 0 aliphatic heterocycles. The monoisotopic (exact) mass is 274 g/mol. The van der Waals surface area contributed by atoms with Gasteiger partial charge in [0.2, 0.25) is 5.91 Å². The highest BCUT2D eigenvalue weighted by molar-refractivity contribution is 8.01. The Balaban J connectivity index is 2.45. The molecular weight excluding hydrogens is 256 g/mol. The van der Waals surface area contributed by atoms with E-state index < -0.39 is 5.54 Å². The molecule has 0 aromatic carbocycles. The summed E-state index contributed by atoms with van der Waals surface area (Å²) in [5.74, 6) is 0.481. The molecule has 5 nitrogen and oxygen atoms in total. The van der Waals surface area contributed by atoms with Gasteiger partial charge in [-0.15, -0.1) is 10.2 Å². The normalized spacial score (nSPS) is 14.5. The molecular formula is C10H18N4OS2. The third-order valence-electron chi connectivity index (χ3n) is 2.45. The van der Waals surface area contributed by atoms with E-state index in [-0.39, 0.29) is 5.91 Å². The number of aromatic nitrogens is 2. The minimum Gasteiger partial charge on any atom is -0.368 e. The summed E-state index contributed by atoms with van der Waals surface area (Å²) in [6.45, 7) is 6.45. The minimum atomic E-state index is -0.637. The number of amides is 1. The number of carbonyl (C=O) groups excluding carboxylic acids is 1. The second kappa shape index (κ2) is 6.32. The number of nitrogens with zero attached hydrogens (tertiary/aromatic N) is 2. The number of primary amides is 1. The van der Waals surface area contributed by atoms with E-state index in [1.807, 2.05) is 20.8 Å². The Morgan fingerprint density at radius 2 is 2.29 bits per heavy atom. The molecule has 96 valence electrons. The van der Waals surface area contributed by atoms with E-state index in [1.54, 1.807) is 23.1 Å². The van der Waals surface area contributed by atoms with Crippen LogP contribution in [0.5, 0.6) is 0 Å². The summed E-state index contributed by atoms with van der Waals surface area (Å²) < 4.78 is 0.936. The Morgan fingerprint density at radius 1 is 1.59 bits per heavy atom. The third-order valence-corrected chi connectivity index (χ3v) is 4.42. The maximum absolute atomic E-state index is 11.4. The fraction of sp³-hybridized carbons (Fsp3) is 0.700. The van der Waals surface area contributed by atoms with Gasteiger partial charge in [0.25, 0.3) is 0 Å². The van der Waals surface area contributed by atoms with Gasteiger partial charge in [-0.25, -0.2) is 0 Å². The van der Waals surface area contributed by atoms with Crippen molar-refractivity contribution in [2.24, 2.45) is 5.73 Å². The molecule has 3 N–H and O–H groups in total. The lowest BCUT2D eigenvalue weighted by Crippen LogP contribution is -2.53. The fourth-order valence-electron chi connectivity index (χ4n) is 1.37. The van der Waals surface area contributed by atoms with Gasteiger partial charge in [0.15, 0.2) is 4.34 Å². The first-order chi connectivity index (χ1) is 7.98. The van der Waals surface area contributed by atoms with Gasteiger partial charge in [0.1, 0.15) is 5.01 Å². The van der Waals surface area contributed by atoms with Crippen molar-refractivity contribution in [1.29, 1.82) is 0 Å². The number of thioether (sulfide) groups is 1. The molecule has 0 bridgehead atoms. The summed E-state index contributed by atoms with van der Waals surface area (Å²) in [6, 6.07) is 0. The van der Waals surface area contributed by atoms with E-state index in [9.17, 15) is 4.79 Å². The zero-order valence-corrected chi connectivity index (χ0v) is 12.0. The van der Waals surface area contributed by atoms with Crippen molar-refractivity contribution in [3.63, 3.8) is 0 Å². The molecule has 0 aliphatic rings. The molecule has 17 heavy (non-hydrogen) atoms. The van der Waals surface area contributed by atoms with Crippen LogP contribution in [0.15, 0.2) is 4.34 Å². The van der Waals surface area contributed by atoms with Crippen molar-refractivity contribution >= 4 is 29.0 Å². The first-order valence-corrected chi connectivity index (χ1v) is 7.26. The van der Waals surface area contributed by atoms with Gasteiger partial charge in [0, 0.05) is 5.75 Å². The molecule has 0 fully saturated rings. The van der Waals surface area contributed by atoms with Crippen LogP contribution in [-0.2, 0) is 4.79 Å². The molecule has 1 aromatic heterocycles. The van der Waals surface area contributed by atoms with Gasteiger partial charge in [-0.1, -0.05) is 30.0 Å². The predicted octanol–water partition coefficient (Wildman–Crippen LogP) is 1.18. The molecule has 0 saturated heterocycles. The van der Waals surface area contributed by atoms with Crippen molar-refractivity contribution in [3.05, 3.63) is 5.01 Å². The number of aryl methyl sites for hydroxylation is 1. The van der Waals surface area contributed by atoms with Crippen LogP contribution in [0.25, 0.3) is 0 Å². The lowest BCUT2D eigenvalue weighted by molar-refractivity contribution is -0.123. The Morgan fingerprint density at radius 3 is 2.76 bits per heavy atom. The van der Waals surface area contributed by atoms with Crippen LogP contribution in [-0.4, -0.2) is 33.9 Å². The molecule has 1 unspecified atom stereocenters. The van der Waals surface area contributed by atoms with Crippen LogP contribution < -0.4 is 11.1 Å². The molecule has 0 aliphatic carbocycles. The summed E-state index contributed by atoms with van der Waals surface area (Å²) in [5.41, 5.74) is 4.77. The van der Waals surface area contributed by atoms with Gasteiger partial charge in [-0.05, 0) is 26.8 Å². The predicted molar refractivity (Wildman–Crippen MR) is 71.3 cm³/mol. The maximum atomic E-state index is 11.4. The Labute approximate surface area is 110 Å². The van der Waals surface area contributed by atoms with Crippen LogP contribution in [0.2, 0.25) is 0 Å². The first-order valence-electron chi connectivity index (χ1n) is 5.46. The van der Waals surface area contributed by atoms with E-state index in [1.165, 1.54) is 0 Å². The van der Waals surface area contributed by atoms with E-state index >= 15 is 0 Å². The quantitative estimate of drug-likeness (QED) is 0.730. The molecule has 1 heterocycles. The molecule has 1 amide bonds. The Kier molecular flexibility index (Phi) is 5.35. The summed E-state index contributed by atoms with van der Waals surface area (Å²) in [7, 11) is 0. The lowest BCUT2D eigenvalue weighted by atomic mass is 9.98. The second-order valence-corrected chi connectivity index (χ2v) is 6.44. The van der Waals surface area contributed by atoms with Crippen LogP contribution in [0, 0.1) is 6.92 Å².